The van der Waals surface area contributed by atoms with E-state index in [0.717, 1.165) is 38.5 Å². The van der Waals surface area contributed by atoms with Crippen molar-refractivity contribution in [3.63, 3.8) is 0 Å². The molecule has 0 aliphatic heterocycles. The van der Waals surface area contributed by atoms with E-state index in [2.05, 4.69) is 13.2 Å². The molecule has 6 nitrogen and oxygen atoms in total. The van der Waals surface area contributed by atoms with Gasteiger partial charge in [-0.05, 0) is 50.7 Å². The number of carbonyl (C=O) groups is 2. The fraction of sp³-hybridized carbons (Fsp3) is 0.455. The fourth-order valence-corrected chi connectivity index (χ4v) is 2.42. The van der Waals surface area contributed by atoms with Crippen LogP contribution < -0.4 is 0 Å². The molecule has 1 rings (SSSR count). The molecule has 1 aromatic carbocycles. The lowest BCUT2D eigenvalue weighted by atomic mass is 10.1. The smallest absolute Gasteiger partial charge is 0.339 e. The molecule has 0 aliphatic carbocycles. The van der Waals surface area contributed by atoms with Crippen molar-refractivity contribution in [1.29, 1.82) is 0 Å². The molecule has 0 saturated carbocycles. The second kappa shape index (κ2) is 15.3. The molecule has 0 spiro atoms. The minimum Gasteiger partial charge on any atom is -0.502 e. The minimum atomic E-state index is -0.517. The van der Waals surface area contributed by atoms with Gasteiger partial charge < -0.3 is 18.9 Å². The van der Waals surface area contributed by atoms with E-state index in [1.54, 1.807) is 24.3 Å². The standard InChI is InChI=1S/C22H30O6/c1-3-25-15-9-5-11-17-27-21(23)19-13-7-8-14-20(19)22(24)28-18-12-6-10-16-26-4-2/h3-4,7-8,13-14H,1-2,5-6,9-12,15-18H2. The minimum absolute atomic E-state index is 0.224. The van der Waals surface area contributed by atoms with Crippen LogP contribution in [0.1, 0.15) is 59.2 Å². The summed E-state index contributed by atoms with van der Waals surface area (Å²) >= 11 is 0. The van der Waals surface area contributed by atoms with E-state index in [0.29, 0.717) is 26.4 Å². The number of hydrogen-bond donors (Lipinski definition) is 0. The fourth-order valence-electron chi connectivity index (χ4n) is 2.42. The van der Waals surface area contributed by atoms with E-state index in [9.17, 15) is 9.59 Å². The van der Waals surface area contributed by atoms with Gasteiger partial charge in [-0.1, -0.05) is 25.3 Å². The van der Waals surface area contributed by atoms with E-state index >= 15 is 0 Å². The molecular formula is C22H30O6. The number of hydrogen-bond acceptors (Lipinski definition) is 6. The highest BCUT2D eigenvalue weighted by molar-refractivity contribution is 6.03. The number of carbonyl (C=O) groups excluding carboxylic acids is 2. The van der Waals surface area contributed by atoms with Crippen LogP contribution in [-0.2, 0) is 18.9 Å². The molecule has 0 aliphatic rings. The van der Waals surface area contributed by atoms with Gasteiger partial charge in [-0.3, -0.25) is 0 Å². The summed E-state index contributed by atoms with van der Waals surface area (Å²) in [5.74, 6) is -1.03. The molecule has 0 radical (unpaired) electrons. The molecular weight excluding hydrogens is 360 g/mol. The van der Waals surface area contributed by atoms with E-state index in [4.69, 9.17) is 18.9 Å². The molecule has 0 saturated heterocycles. The largest absolute Gasteiger partial charge is 0.502 e. The third-order valence-corrected chi connectivity index (χ3v) is 3.88. The summed E-state index contributed by atoms with van der Waals surface area (Å²) in [7, 11) is 0. The molecule has 0 fully saturated rings. The van der Waals surface area contributed by atoms with Crippen molar-refractivity contribution in [2.24, 2.45) is 0 Å². The Morgan fingerprint density at radius 2 is 1.07 bits per heavy atom. The lowest BCUT2D eigenvalue weighted by molar-refractivity contribution is 0.0449. The zero-order valence-electron chi connectivity index (χ0n) is 16.4. The Balaban J connectivity index is 2.37. The number of ether oxygens (including phenoxy) is 4. The second-order valence-electron chi connectivity index (χ2n) is 6.01. The van der Waals surface area contributed by atoms with Gasteiger partial charge in [0.05, 0.1) is 50.1 Å². The third-order valence-electron chi connectivity index (χ3n) is 3.88. The summed E-state index contributed by atoms with van der Waals surface area (Å²) in [5.41, 5.74) is 0.448. The van der Waals surface area contributed by atoms with Gasteiger partial charge in [-0.25, -0.2) is 9.59 Å². The Kier molecular flexibility index (Phi) is 12.7. The van der Waals surface area contributed by atoms with Gasteiger partial charge in [0.15, 0.2) is 0 Å². The van der Waals surface area contributed by atoms with Gasteiger partial charge in [0.25, 0.3) is 0 Å². The van der Waals surface area contributed by atoms with E-state index in [1.165, 1.54) is 12.5 Å². The number of unbranched alkanes of at least 4 members (excludes halogenated alkanes) is 4. The third kappa shape index (κ3) is 9.80. The summed E-state index contributed by atoms with van der Waals surface area (Å²) in [6, 6.07) is 6.53. The maximum atomic E-state index is 12.3. The van der Waals surface area contributed by atoms with E-state index < -0.39 is 11.9 Å². The van der Waals surface area contributed by atoms with Crippen molar-refractivity contribution in [1.82, 2.24) is 0 Å². The van der Waals surface area contributed by atoms with Gasteiger partial charge in [-0.2, -0.15) is 0 Å². The maximum absolute atomic E-state index is 12.3. The molecule has 6 heteroatoms. The summed E-state index contributed by atoms with van der Waals surface area (Å²) in [6.07, 6.45) is 7.77. The van der Waals surface area contributed by atoms with Crippen LogP contribution in [0.4, 0.5) is 0 Å². The van der Waals surface area contributed by atoms with Crippen molar-refractivity contribution in [3.8, 4) is 0 Å². The topological polar surface area (TPSA) is 71.1 Å². The normalized spacial score (nSPS) is 10.0. The predicted molar refractivity (Wildman–Crippen MR) is 107 cm³/mol. The lowest BCUT2D eigenvalue weighted by Gasteiger charge is -2.10. The molecule has 0 atom stereocenters. The van der Waals surface area contributed by atoms with Crippen molar-refractivity contribution >= 4 is 11.9 Å². The van der Waals surface area contributed by atoms with Crippen LogP contribution in [0.2, 0.25) is 0 Å². The first-order chi connectivity index (χ1) is 13.7. The molecule has 0 aromatic heterocycles. The Hall–Kier alpha value is -2.76. The number of rotatable bonds is 16. The maximum Gasteiger partial charge on any atom is 0.339 e. The molecule has 0 heterocycles. The van der Waals surface area contributed by atoms with Gasteiger partial charge in [0, 0.05) is 0 Å². The van der Waals surface area contributed by atoms with Gasteiger partial charge in [-0.15, -0.1) is 0 Å². The number of esters is 2. The zero-order chi connectivity index (χ0) is 20.5. The number of benzene rings is 1. The van der Waals surface area contributed by atoms with Crippen molar-refractivity contribution in [2.75, 3.05) is 26.4 Å². The monoisotopic (exact) mass is 390 g/mol. The average Bonchev–Trinajstić information content (AvgIpc) is 2.72. The molecule has 0 unspecified atom stereocenters. The first-order valence-corrected chi connectivity index (χ1v) is 9.59. The summed E-state index contributed by atoms with van der Waals surface area (Å²) in [6.45, 7) is 8.75. The molecule has 154 valence electrons. The van der Waals surface area contributed by atoms with Crippen LogP contribution in [0.15, 0.2) is 49.9 Å². The molecule has 0 N–H and O–H groups in total. The Labute approximate surface area is 167 Å². The molecule has 1 aromatic rings. The van der Waals surface area contributed by atoms with Crippen molar-refractivity contribution in [2.45, 2.75) is 38.5 Å². The predicted octanol–water partition coefficient (Wildman–Crippen LogP) is 4.66. The van der Waals surface area contributed by atoms with Gasteiger partial charge >= 0.3 is 11.9 Å². The zero-order valence-corrected chi connectivity index (χ0v) is 16.4. The second-order valence-corrected chi connectivity index (χ2v) is 6.01. The average molecular weight is 390 g/mol. The summed E-state index contributed by atoms with van der Waals surface area (Å²) in [5, 5.41) is 0. The highest BCUT2D eigenvalue weighted by Gasteiger charge is 2.18. The highest BCUT2D eigenvalue weighted by Crippen LogP contribution is 2.13. The van der Waals surface area contributed by atoms with Crippen molar-refractivity contribution < 1.29 is 28.5 Å². The first-order valence-electron chi connectivity index (χ1n) is 9.59. The Morgan fingerprint density at radius 3 is 1.46 bits per heavy atom. The quantitative estimate of drug-likeness (QED) is 0.232. The summed E-state index contributed by atoms with van der Waals surface area (Å²) < 4.78 is 20.6. The molecule has 0 amide bonds. The molecule has 28 heavy (non-hydrogen) atoms. The van der Waals surface area contributed by atoms with Crippen LogP contribution in [-0.4, -0.2) is 38.4 Å². The van der Waals surface area contributed by atoms with Crippen LogP contribution in [0.25, 0.3) is 0 Å². The molecule has 0 bridgehead atoms. The van der Waals surface area contributed by atoms with Crippen LogP contribution in [0.3, 0.4) is 0 Å². The lowest BCUT2D eigenvalue weighted by Crippen LogP contribution is -2.15. The Morgan fingerprint density at radius 1 is 0.679 bits per heavy atom. The SMILES string of the molecule is C=COCCCCCOC(=O)c1ccccc1C(=O)OCCCCCOC=C. The summed E-state index contributed by atoms with van der Waals surface area (Å²) in [4.78, 5) is 24.6. The van der Waals surface area contributed by atoms with E-state index in [-0.39, 0.29) is 11.1 Å². The van der Waals surface area contributed by atoms with Gasteiger partial charge in [0.2, 0.25) is 0 Å². The van der Waals surface area contributed by atoms with Crippen molar-refractivity contribution in [3.05, 3.63) is 61.1 Å². The first kappa shape index (κ1) is 23.3. The van der Waals surface area contributed by atoms with E-state index in [1.807, 2.05) is 0 Å². The van der Waals surface area contributed by atoms with Crippen LogP contribution >= 0.6 is 0 Å². The van der Waals surface area contributed by atoms with Gasteiger partial charge in [0.1, 0.15) is 0 Å². The Bertz CT molecular complexity index is 558. The van der Waals surface area contributed by atoms with Crippen LogP contribution in [0, 0.1) is 0 Å². The highest BCUT2D eigenvalue weighted by atomic mass is 16.5. The van der Waals surface area contributed by atoms with Crippen LogP contribution in [0.5, 0.6) is 0 Å².